The maximum absolute atomic E-state index is 12.8. The molecule has 1 aromatic heterocycles. The number of hydrogen-bond acceptors (Lipinski definition) is 4. The van der Waals surface area contributed by atoms with Crippen molar-refractivity contribution in [2.75, 3.05) is 0 Å². The SMILES string of the molecule is O=Cc1c(C(F)F)nn(-c2ccccc2[N+](=O)[O-])c1Cl. The number of nitro groups is 1. The van der Waals surface area contributed by atoms with Crippen molar-refractivity contribution in [1.29, 1.82) is 0 Å². The lowest BCUT2D eigenvalue weighted by atomic mass is 10.2. The largest absolute Gasteiger partial charge is 0.298 e. The van der Waals surface area contributed by atoms with Gasteiger partial charge in [0, 0.05) is 6.07 Å². The van der Waals surface area contributed by atoms with Gasteiger partial charge in [-0.2, -0.15) is 5.10 Å². The van der Waals surface area contributed by atoms with Crippen molar-refractivity contribution in [2.24, 2.45) is 0 Å². The molecule has 0 N–H and O–H groups in total. The highest BCUT2D eigenvalue weighted by Gasteiger charge is 2.26. The number of para-hydroxylation sites is 2. The van der Waals surface area contributed by atoms with Crippen LogP contribution in [0.2, 0.25) is 5.15 Å². The van der Waals surface area contributed by atoms with Gasteiger partial charge in [-0.1, -0.05) is 23.7 Å². The molecule has 2 aromatic rings. The molecule has 0 aliphatic heterocycles. The van der Waals surface area contributed by atoms with E-state index in [-0.39, 0.29) is 17.7 Å². The molecule has 0 bridgehead atoms. The van der Waals surface area contributed by atoms with Crippen LogP contribution in [-0.4, -0.2) is 21.0 Å². The molecule has 1 aromatic carbocycles. The summed E-state index contributed by atoms with van der Waals surface area (Å²) >= 11 is 5.80. The highest BCUT2D eigenvalue weighted by molar-refractivity contribution is 6.32. The van der Waals surface area contributed by atoms with Crippen LogP contribution in [0.3, 0.4) is 0 Å². The van der Waals surface area contributed by atoms with Gasteiger partial charge in [-0.3, -0.25) is 14.9 Å². The van der Waals surface area contributed by atoms with Crippen LogP contribution in [0.15, 0.2) is 24.3 Å². The smallest absolute Gasteiger partial charge is 0.294 e. The van der Waals surface area contributed by atoms with Gasteiger partial charge < -0.3 is 0 Å². The van der Waals surface area contributed by atoms with E-state index in [4.69, 9.17) is 11.6 Å². The van der Waals surface area contributed by atoms with Crippen LogP contribution in [0.4, 0.5) is 14.5 Å². The zero-order valence-corrected chi connectivity index (χ0v) is 10.4. The van der Waals surface area contributed by atoms with Gasteiger partial charge >= 0.3 is 0 Å². The number of alkyl halides is 2. The molecular formula is C11H6ClF2N3O3. The van der Waals surface area contributed by atoms with Gasteiger partial charge in [0.05, 0.1) is 10.5 Å². The Morgan fingerprint density at radius 2 is 2.05 bits per heavy atom. The van der Waals surface area contributed by atoms with E-state index in [2.05, 4.69) is 5.10 Å². The molecule has 9 heteroatoms. The quantitative estimate of drug-likeness (QED) is 0.493. The Labute approximate surface area is 115 Å². The van der Waals surface area contributed by atoms with Gasteiger partial charge in [0.15, 0.2) is 6.29 Å². The lowest BCUT2D eigenvalue weighted by Gasteiger charge is -2.03. The minimum absolute atomic E-state index is 0.0995. The molecule has 0 fully saturated rings. The third-order valence-electron chi connectivity index (χ3n) is 2.52. The second-order valence-corrected chi connectivity index (χ2v) is 4.02. The first-order chi connectivity index (χ1) is 9.47. The number of halogens is 3. The fourth-order valence-corrected chi connectivity index (χ4v) is 1.92. The van der Waals surface area contributed by atoms with Crippen LogP contribution in [-0.2, 0) is 0 Å². The average molecular weight is 302 g/mol. The lowest BCUT2D eigenvalue weighted by molar-refractivity contribution is -0.384. The first kappa shape index (κ1) is 14.1. The zero-order valence-electron chi connectivity index (χ0n) is 9.66. The van der Waals surface area contributed by atoms with E-state index in [1.807, 2.05) is 0 Å². The van der Waals surface area contributed by atoms with Crippen LogP contribution in [0, 0.1) is 10.1 Å². The third-order valence-corrected chi connectivity index (χ3v) is 2.89. The molecule has 2 rings (SSSR count). The molecule has 6 nitrogen and oxygen atoms in total. The summed E-state index contributed by atoms with van der Waals surface area (Å²) in [5, 5.41) is 14.0. The van der Waals surface area contributed by atoms with E-state index in [1.54, 1.807) is 0 Å². The Balaban J connectivity index is 2.71. The normalized spacial score (nSPS) is 10.8. The number of hydrogen-bond donors (Lipinski definition) is 0. The van der Waals surface area contributed by atoms with E-state index < -0.39 is 27.8 Å². The van der Waals surface area contributed by atoms with Crippen molar-refractivity contribution in [3.05, 3.63) is 50.8 Å². The standard InChI is InChI=1S/C11H6ClF2N3O3/c12-10-6(5-18)9(11(13)14)15-16(10)7-3-1-2-4-8(7)17(19)20/h1-5,11H. The summed E-state index contributed by atoms with van der Waals surface area (Å²) < 4.78 is 26.3. The van der Waals surface area contributed by atoms with E-state index in [0.29, 0.717) is 0 Å². The zero-order chi connectivity index (χ0) is 14.9. The van der Waals surface area contributed by atoms with E-state index in [9.17, 15) is 23.7 Å². The van der Waals surface area contributed by atoms with Crippen molar-refractivity contribution in [1.82, 2.24) is 9.78 Å². The summed E-state index contributed by atoms with van der Waals surface area (Å²) in [5.41, 5.74) is -1.77. The first-order valence-electron chi connectivity index (χ1n) is 5.23. The van der Waals surface area contributed by atoms with E-state index in [1.165, 1.54) is 24.3 Å². The molecule has 0 unspecified atom stereocenters. The number of benzene rings is 1. The van der Waals surface area contributed by atoms with Crippen LogP contribution in [0.25, 0.3) is 5.69 Å². The van der Waals surface area contributed by atoms with Crippen LogP contribution < -0.4 is 0 Å². The maximum Gasteiger partial charge on any atom is 0.294 e. The second kappa shape index (κ2) is 5.33. The molecule has 0 saturated heterocycles. The van der Waals surface area contributed by atoms with Gasteiger partial charge in [0.2, 0.25) is 0 Å². The summed E-state index contributed by atoms with van der Waals surface area (Å²) in [4.78, 5) is 21.0. The first-order valence-corrected chi connectivity index (χ1v) is 5.60. The Hall–Kier alpha value is -2.35. The number of aromatic nitrogens is 2. The predicted octanol–water partition coefficient (Wildman–Crippen LogP) is 3.18. The monoisotopic (exact) mass is 301 g/mol. The number of carbonyl (C=O) groups is 1. The molecule has 0 atom stereocenters. The fraction of sp³-hybridized carbons (Fsp3) is 0.0909. The third kappa shape index (κ3) is 2.25. The second-order valence-electron chi connectivity index (χ2n) is 3.67. The van der Waals surface area contributed by atoms with Gasteiger partial charge in [0.25, 0.3) is 12.1 Å². The molecule has 104 valence electrons. The van der Waals surface area contributed by atoms with E-state index >= 15 is 0 Å². The molecule has 0 amide bonds. The topological polar surface area (TPSA) is 78.0 Å². The lowest BCUT2D eigenvalue weighted by Crippen LogP contribution is -2.02. The molecule has 20 heavy (non-hydrogen) atoms. The van der Waals surface area contributed by atoms with Crippen molar-refractivity contribution in [2.45, 2.75) is 6.43 Å². The molecule has 0 saturated carbocycles. The van der Waals surface area contributed by atoms with Crippen LogP contribution >= 0.6 is 11.6 Å². The summed E-state index contributed by atoms with van der Waals surface area (Å²) in [6, 6.07) is 5.34. The van der Waals surface area contributed by atoms with Crippen molar-refractivity contribution < 1.29 is 18.5 Å². The number of nitro benzene ring substituents is 1. The molecule has 0 aliphatic carbocycles. The highest BCUT2D eigenvalue weighted by Crippen LogP contribution is 2.31. The van der Waals surface area contributed by atoms with Crippen LogP contribution in [0.1, 0.15) is 22.5 Å². The molecule has 0 aliphatic rings. The summed E-state index contributed by atoms with van der Waals surface area (Å²) in [6.07, 6.45) is -2.88. The Morgan fingerprint density at radius 1 is 1.40 bits per heavy atom. The summed E-state index contributed by atoms with van der Waals surface area (Å²) in [5.74, 6) is 0. The average Bonchev–Trinajstić information content (AvgIpc) is 2.75. The highest BCUT2D eigenvalue weighted by atomic mass is 35.5. The van der Waals surface area contributed by atoms with Gasteiger partial charge in [-0.15, -0.1) is 0 Å². The molecule has 0 spiro atoms. The molecule has 1 heterocycles. The maximum atomic E-state index is 12.8. The Morgan fingerprint density at radius 3 is 2.55 bits per heavy atom. The number of aldehydes is 1. The summed E-state index contributed by atoms with van der Waals surface area (Å²) in [6.45, 7) is 0. The number of carbonyl (C=O) groups excluding carboxylic acids is 1. The van der Waals surface area contributed by atoms with Crippen LogP contribution in [0.5, 0.6) is 0 Å². The predicted molar refractivity (Wildman–Crippen MR) is 65.6 cm³/mol. The summed E-state index contributed by atoms with van der Waals surface area (Å²) in [7, 11) is 0. The van der Waals surface area contributed by atoms with Crippen molar-refractivity contribution >= 4 is 23.6 Å². The number of nitrogens with zero attached hydrogens (tertiary/aromatic N) is 3. The molecule has 0 radical (unpaired) electrons. The van der Waals surface area contributed by atoms with Crippen molar-refractivity contribution in [3.8, 4) is 5.69 Å². The minimum atomic E-state index is -3.02. The number of rotatable bonds is 4. The van der Waals surface area contributed by atoms with E-state index in [0.717, 1.165) is 4.68 Å². The Kier molecular flexibility index (Phi) is 3.75. The minimum Gasteiger partial charge on any atom is -0.298 e. The molecular weight excluding hydrogens is 296 g/mol. The van der Waals surface area contributed by atoms with Gasteiger partial charge in [-0.25, -0.2) is 13.5 Å². The van der Waals surface area contributed by atoms with Crippen molar-refractivity contribution in [3.63, 3.8) is 0 Å². The fourth-order valence-electron chi connectivity index (χ4n) is 1.65. The van der Waals surface area contributed by atoms with Gasteiger partial charge in [0.1, 0.15) is 16.5 Å². The van der Waals surface area contributed by atoms with Gasteiger partial charge in [-0.05, 0) is 6.07 Å². The Bertz CT molecular complexity index is 688.